The predicted octanol–water partition coefficient (Wildman–Crippen LogP) is 2.44. The fourth-order valence-corrected chi connectivity index (χ4v) is 2.21. The van der Waals surface area contributed by atoms with Crippen molar-refractivity contribution in [2.75, 3.05) is 17.7 Å². The summed E-state index contributed by atoms with van der Waals surface area (Å²) >= 11 is 1.30. The molecule has 2 rings (SSSR count). The van der Waals surface area contributed by atoms with Crippen LogP contribution in [0.25, 0.3) is 0 Å². The number of pyridine rings is 1. The summed E-state index contributed by atoms with van der Waals surface area (Å²) in [5.41, 5.74) is 7.90. The Balaban J connectivity index is 2.09. The predicted molar refractivity (Wildman–Crippen MR) is 74.0 cm³/mol. The molecule has 0 aliphatic rings. The summed E-state index contributed by atoms with van der Waals surface area (Å²) in [7, 11) is 0. The highest BCUT2D eigenvalue weighted by Gasteiger charge is 2.12. The zero-order valence-corrected chi connectivity index (χ0v) is 11.3. The van der Waals surface area contributed by atoms with Crippen molar-refractivity contribution in [2.45, 2.75) is 20.4 Å². The molecule has 0 aliphatic heterocycles. The molecule has 3 N–H and O–H groups in total. The van der Waals surface area contributed by atoms with Gasteiger partial charge in [-0.05, 0) is 37.0 Å². The molecule has 0 radical (unpaired) electrons. The number of nitrogens with two attached hydrogens (primary N) is 1. The smallest absolute Gasteiger partial charge is 0.197 e. The van der Waals surface area contributed by atoms with Crippen molar-refractivity contribution >= 4 is 22.4 Å². The van der Waals surface area contributed by atoms with Crippen LogP contribution in [0.15, 0.2) is 18.3 Å². The maximum Gasteiger partial charge on any atom is 0.197 e. The molecule has 0 bridgehead atoms. The van der Waals surface area contributed by atoms with Crippen LogP contribution in [0.2, 0.25) is 0 Å². The fourth-order valence-electron chi connectivity index (χ4n) is 1.56. The Morgan fingerprint density at radius 3 is 3.06 bits per heavy atom. The lowest BCUT2D eigenvalue weighted by Gasteiger charge is -2.08. The van der Waals surface area contributed by atoms with Crippen LogP contribution in [0.4, 0.5) is 10.8 Å². The van der Waals surface area contributed by atoms with E-state index in [1.165, 1.54) is 11.5 Å². The third-order valence-electron chi connectivity index (χ3n) is 2.50. The molecule has 0 saturated carbocycles. The highest BCUT2D eigenvalue weighted by molar-refractivity contribution is 7.11. The van der Waals surface area contributed by atoms with Gasteiger partial charge < -0.3 is 15.8 Å². The zero-order chi connectivity index (χ0) is 13.0. The number of nitrogens with zero attached hydrogens (tertiary/aromatic N) is 2. The Morgan fingerprint density at radius 2 is 2.33 bits per heavy atom. The van der Waals surface area contributed by atoms with Crippen LogP contribution >= 0.6 is 11.5 Å². The van der Waals surface area contributed by atoms with Crippen molar-refractivity contribution in [1.29, 1.82) is 0 Å². The average molecular weight is 264 g/mol. The molecule has 2 aromatic heterocycles. The summed E-state index contributed by atoms with van der Waals surface area (Å²) in [6, 6.07) is 3.96. The molecule has 0 amide bonds. The molecule has 0 spiro atoms. The monoisotopic (exact) mass is 264 g/mol. The summed E-state index contributed by atoms with van der Waals surface area (Å²) in [6.45, 7) is 5.16. The first-order valence-electron chi connectivity index (χ1n) is 5.74. The number of rotatable bonds is 5. The van der Waals surface area contributed by atoms with Gasteiger partial charge in [0.1, 0.15) is 0 Å². The minimum absolute atomic E-state index is 0.432. The fraction of sp³-hybridized carbons (Fsp3) is 0.333. The summed E-state index contributed by atoms with van der Waals surface area (Å²) in [5.74, 6) is 1.07. The number of aromatic nitrogens is 2. The van der Waals surface area contributed by atoms with Crippen molar-refractivity contribution < 1.29 is 4.74 Å². The summed E-state index contributed by atoms with van der Waals surface area (Å²) in [4.78, 5) is 4.33. The minimum Gasteiger partial charge on any atom is -0.487 e. The van der Waals surface area contributed by atoms with E-state index in [1.807, 2.05) is 26.0 Å². The molecule has 0 fully saturated rings. The Kier molecular flexibility index (Phi) is 3.99. The van der Waals surface area contributed by atoms with Gasteiger partial charge in [0.15, 0.2) is 16.6 Å². The largest absolute Gasteiger partial charge is 0.487 e. The van der Waals surface area contributed by atoms with Gasteiger partial charge in [0, 0.05) is 6.20 Å². The Morgan fingerprint density at radius 1 is 1.50 bits per heavy atom. The first kappa shape index (κ1) is 12.6. The quantitative estimate of drug-likeness (QED) is 0.867. The number of hydrogen-bond acceptors (Lipinski definition) is 6. The van der Waals surface area contributed by atoms with Crippen LogP contribution in [0.5, 0.6) is 5.75 Å². The lowest BCUT2D eigenvalue weighted by molar-refractivity contribution is 0.344. The number of aryl methyl sites for hydroxylation is 1. The molecule has 0 saturated heterocycles. The third-order valence-corrected chi connectivity index (χ3v) is 3.30. The van der Waals surface area contributed by atoms with Gasteiger partial charge in [0.05, 0.1) is 18.8 Å². The van der Waals surface area contributed by atoms with Crippen molar-refractivity contribution in [3.8, 4) is 5.75 Å². The Hall–Kier alpha value is -1.82. The molecule has 0 aromatic carbocycles. The summed E-state index contributed by atoms with van der Waals surface area (Å²) in [6.07, 6.45) is 1.79. The Bertz CT molecular complexity index is 527. The highest BCUT2D eigenvalue weighted by Crippen LogP contribution is 2.35. The van der Waals surface area contributed by atoms with E-state index in [0.717, 1.165) is 16.3 Å². The molecule has 0 atom stereocenters. The molecule has 6 heteroatoms. The molecule has 0 unspecified atom stereocenters. The van der Waals surface area contributed by atoms with Gasteiger partial charge in [0.2, 0.25) is 0 Å². The van der Waals surface area contributed by atoms with Crippen LogP contribution in [-0.4, -0.2) is 16.0 Å². The van der Waals surface area contributed by atoms with Crippen molar-refractivity contribution in [2.24, 2.45) is 0 Å². The van der Waals surface area contributed by atoms with Gasteiger partial charge >= 0.3 is 0 Å². The van der Waals surface area contributed by atoms with Gasteiger partial charge in [0.25, 0.3) is 0 Å². The second-order valence-electron chi connectivity index (χ2n) is 3.78. The van der Waals surface area contributed by atoms with Gasteiger partial charge in [-0.15, -0.1) is 0 Å². The van der Waals surface area contributed by atoms with Crippen molar-refractivity contribution in [3.05, 3.63) is 29.6 Å². The molecule has 2 aromatic rings. The maximum atomic E-state index is 5.74. The molecular formula is C12H16N4OS. The lowest BCUT2D eigenvalue weighted by Crippen LogP contribution is -2.04. The second-order valence-corrected chi connectivity index (χ2v) is 4.55. The van der Waals surface area contributed by atoms with Gasteiger partial charge in [-0.25, -0.2) is 0 Å². The minimum atomic E-state index is 0.432. The van der Waals surface area contributed by atoms with E-state index >= 15 is 0 Å². The van der Waals surface area contributed by atoms with E-state index in [2.05, 4.69) is 14.7 Å². The average Bonchev–Trinajstić information content (AvgIpc) is 2.71. The van der Waals surface area contributed by atoms with Crippen LogP contribution < -0.4 is 15.8 Å². The van der Waals surface area contributed by atoms with E-state index in [-0.39, 0.29) is 0 Å². The maximum absolute atomic E-state index is 5.74. The van der Waals surface area contributed by atoms with Gasteiger partial charge in [-0.1, -0.05) is 6.07 Å². The van der Waals surface area contributed by atoms with E-state index in [9.17, 15) is 0 Å². The number of anilines is 2. The standard InChI is InChI=1S/C12H16N4OS/c1-3-17-10-11(13)16-18-12(10)15-7-9-8(2)5-4-6-14-9/h4-6,15H,3,7H2,1-2H3,(H2,13,16). The normalized spacial score (nSPS) is 10.3. The molecular weight excluding hydrogens is 248 g/mol. The molecule has 18 heavy (non-hydrogen) atoms. The Labute approximate surface area is 110 Å². The van der Waals surface area contributed by atoms with E-state index < -0.39 is 0 Å². The molecule has 0 aliphatic carbocycles. The van der Waals surface area contributed by atoms with E-state index in [4.69, 9.17) is 10.5 Å². The number of ether oxygens (including phenoxy) is 1. The van der Waals surface area contributed by atoms with Crippen LogP contribution in [0.3, 0.4) is 0 Å². The zero-order valence-electron chi connectivity index (χ0n) is 10.4. The van der Waals surface area contributed by atoms with E-state index in [1.54, 1.807) is 6.20 Å². The third kappa shape index (κ3) is 2.70. The van der Waals surface area contributed by atoms with Gasteiger partial charge in [-0.3, -0.25) is 4.98 Å². The van der Waals surface area contributed by atoms with Crippen LogP contribution in [0.1, 0.15) is 18.2 Å². The van der Waals surface area contributed by atoms with Crippen molar-refractivity contribution in [1.82, 2.24) is 9.36 Å². The van der Waals surface area contributed by atoms with Crippen LogP contribution in [0, 0.1) is 6.92 Å². The molecule has 96 valence electrons. The second kappa shape index (κ2) is 5.68. The number of hydrogen-bond donors (Lipinski definition) is 2. The number of nitrogen functional groups attached to an aromatic ring is 1. The van der Waals surface area contributed by atoms with E-state index in [0.29, 0.717) is 24.7 Å². The summed E-state index contributed by atoms with van der Waals surface area (Å²) < 4.78 is 9.55. The molecule has 5 nitrogen and oxygen atoms in total. The van der Waals surface area contributed by atoms with Gasteiger partial charge in [-0.2, -0.15) is 4.37 Å². The first-order valence-corrected chi connectivity index (χ1v) is 6.52. The summed E-state index contributed by atoms with van der Waals surface area (Å²) in [5, 5.41) is 4.11. The molecule has 2 heterocycles. The number of nitrogens with one attached hydrogen (secondary N) is 1. The van der Waals surface area contributed by atoms with Crippen LogP contribution in [-0.2, 0) is 6.54 Å². The highest BCUT2D eigenvalue weighted by atomic mass is 32.1. The van der Waals surface area contributed by atoms with Crippen molar-refractivity contribution in [3.63, 3.8) is 0 Å². The SMILES string of the molecule is CCOc1c(N)nsc1NCc1ncccc1C. The first-order chi connectivity index (χ1) is 8.72. The lowest BCUT2D eigenvalue weighted by atomic mass is 10.2. The topological polar surface area (TPSA) is 73.1 Å².